The predicted molar refractivity (Wildman–Crippen MR) is 57.4 cm³/mol. The summed E-state index contributed by atoms with van der Waals surface area (Å²) in [5.41, 5.74) is 3.21. The lowest BCUT2D eigenvalue weighted by atomic mass is 10.1. The third-order valence-corrected chi connectivity index (χ3v) is 2.26. The molecule has 2 aromatic heterocycles. The van der Waals surface area contributed by atoms with Crippen molar-refractivity contribution in [1.29, 1.82) is 0 Å². The number of nitrogens with zero attached hydrogens (tertiary/aromatic N) is 3. The van der Waals surface area contributed by atoms with Crippen LogP contribution in [-0.2, 0) is 12.8 Å². The molecule has 0 unspecified atom stereocenters. The van der Waals surface area contributed by atoms with Crippen LogP contribution in [0, 0.1) is 0 Å². The van der Waals surface area contributed by atoms with Crippen LogP contribution in [0.25, 0.3) is 0 Å². The van der Waals surface area contributed by atoms with Gasteiger partial charge in [0, 0.05) is 30.7 Å². The molecule has 0 aliphatic heterocycles. The van der Waals surface area contributed by atoms with Crippen molar-refractivity contribution in [3.8, 4) is 0 Å². The number of rotatable bonds is 4. The van der Waals surface area contributed by atoms with Crippen LogP contribution in [0.4, 0.5) is 0 Å². The van der Waals surface area contributed by atoms with E-state index in [2.05, 4.69) is 27.1 Å². The summed E-state index contributed by atoms with van der Waals surface area (Å²) in [5.74, 6) is 0. The molecule has 0 amide bonds. The van der Waals surface area contributed by atoms with Crippen molar-refractivity contribution in [2.24, 2.45) is 0 Å². The fourth-order valence-corrected chi connectivity index (χ4v) is 1.55. The highest BCUT2D eigenvalue weighted by Gasteiger charge is 2.05. The Hall–Kier alpha value is -1.71. The van der Waals surface area contributed by atoms with Gasteiger partial charge in [0.05, 0.1) is 11.4 Å². The SMILES string of the molecule is CCCc1nccnc1Cc1ccn[nH]1. The van der Waals surface area contributed by atoms with Crippen LogP contribution in [0.3, 0.4) is 0 Å². The minimum absolute atomic E-state index is 0.781. The molecule has 1 N–H and O–H groups in total. The highest BCUT2D eigenvalue weighted by atomic mass is 15.1. The maximum atomic E-state index is 4.36. The normalized spacial score (nSPS) is 10.5. The smallest absolute Gasteiger partial charge is 0.0677 e. The molecule has 0 aliphatic rings. The van der Waals surface area contributed by atoms with Gasteiger partial charge in [-0.15, -0.1) is 0 Å². The molecule has 2 aromatic rings. The fraction of sp³-hybridized carbons (Fsp3) is 0.364. The summed E-state index contributed by atoms with van der Waals surface area (Å²) in [7, 11) is 0. The predicted octanol–water partition coefficient (Wildman–Crippen LogP) is 1.74. The van der Waals surface area contributed by atoms with E-state index < -0.39 is 0 Å². The Morgan fingerprint density at radius 1 is 1.13 bits per heavy atom. The molecule has 0 bridgehead atoms. The third kappa shape index (κ3) is 2.40. The fourth-order valence-electron chi connectivity index (χ4n) is 1.55. The Kier molecular flexibility index (Phi) is 3.07. The molecular weight excluding hydrogens is 188 g/mol. The second-order valence-electron chi connectivity index (χ2n) is 3.46. The Labute approximate surface area is 88.8 Å². The van der Waals surface area contributed by atoms with Crippen LogP contribution in [0.1, 0.15) is 30.4 Å². The van der Waals surface area contributed by atoms with E-state index in [9.17, 15) is 0 Å². The van der Waals surface area contributed by atoms with Gasteiger partial charge in [-0.1, -0.05) is 13.3 Å². The molecule has 0 spiro atoms. The second-order valence-corrected chi connectivity index (χ2v) is 3.46. The topological polar surface area (TPSA) is 54.5 Å². The summed E-state index contributed by atoms with van der Waals surface area (Å²) in [6.45, 7) is 2.15. The van der Waals surface area contributed by atoms with Gasteiger partial charge in [0.15, 0.2) is 0 Å². The number of hydrogen-bond acceptors (Lipinski definition) is 3. The first kappa shape index (κ1) is 9.83. The van der Waals surface area contributed by atoms with Crippen molar-refractivity contribution < 1.29 is 0 Å². The molecule has 78 valence electrons. The first-order valence-corrected chi connectivity index (χ1v) is 5.17. The molecule has 4 nitrogen and oxygen atoms in total. The highest BCUT2D eigenvalue weighted by molar-refractivity contribution is 5.17. The number of aryl methyl sites for hydroxylation is 1. The lowest BCUT2D eigenvalue weighted by molar-refractivity contribution is 0.830. The van der Waals surface area contributed by atoms with Gasteiger partial charge in [-0.05, 0) is 12.5 Å². The van der Waals surface area contributed by atoms with Gasteiger partial charge < -0.3 is 0 Å². The van der Waals surface area contributed by atoms with Crippen LogP contribution < -0.4 is 0 Å². The zero-order chi connectivity index (χ0) is 10.5. The van der Waals surface area contributed by atoms with Gasteiger partial charge in [0.2, 0.25) is 0 Å². The Bertz CT molecular complexity index is 408. The van der Waals surface area contributed by atoms with Crippen LogP contribution in [0.15, 0.2) is 24.7 Å². The second kappa shape index (κ2) is 4.68. The quantitative estimate of drug-likeness (QED) is 0.821. The number of aromatic nitrogens is 4. The van der Waals surface area contributed by atoms with Gasteiger partial charge in [-0.2, -0.15) is 5.10 Å². The van der Waals surface area contributed by atoms with Gasteiger partial charge in [0.25, 0.3) is 0 Å². The zero-order valence-corrected chi connectivity index (χ0v) is 8.77. The summed E-state index contributed by atoms with van der Waals surface area (Å²) in [6.07, 6.45) is 8.10. The molecule has 4 heteroatoms. The molecule has 0 atom stereocenters. The summed E-state index contributed by atoms with van der Waals surface area (Å²) in [5, 5.41) is 6.86. The van der Waals surface area contributed by atoms with E-state index in [1.807, 2.05) is 6.07 Å². The Morgan fingerprint density at radius 2 is 1.93 bits per heavy atom. The largest absolute Gasteiger partial charge is 0.282 e. The lowest BCUT2D eigenvalue weighted by Crippen LogP contribution is -2.01. The molecule has 0 saturated heterocycles. The van der Waals surface area contributed by atoms with Crippen molar-refractivity contribution >= 4 is 0 Å². The average Bonchev–Trinajstić information content (AvgIpc) is 2.74. The third-order valence-electron chi connectivity index (χ3n) is 2.26. The minimum atomic E-state index is 0.781. The van der Waals surface area contributed by atoms with Gasteiger partial charge >= 0.3 is 0 Å². The van der Waals surface area contributed by atoms with Crippen LogP contribution in [0.2, 0.25) is 0 Å². The average molecular weight is 202 g/mol. The van der Waals surface area contributed by atoms with Gasteiger partial charge in [-0.25, -0.2) is 0 Å². The zero-order valence-electron chi connectivity index (χ0n) is 8.77. The number of nitrogens with one attached hydrogen (secondary N) is 1. The van der Waals surface area contributed by atoms with Crippen LogP contribution in [-0.4, -0.2) is 20.2 Å². The van der Waals surface area contributed by atoms with Crippen molar-refractivity contribution in [3.63, 3.8) is 0 Å². The maximum Gasteiger partial charge on any atom is 0.0677 e. The molecule has 0 saturated carbocycles. The van der Waals surface area contributed by atoms with E-state index in [4.69, 9.17) is 0 Å². The molecule has 2 rings (SSSR count). The van der Waals surface area contributed by atoms with E-state index in [-0.39, 0.29) is 0 Å². The van der Waals surface area contributed by atoms with E-state index in [1.165, 1.54) is 0 Å². The monoisotopic (exact) mass is 202 g/mol. The summed E-state index contributed by atoms with van der Waals surface area (Å²) < 4.78 is 0. The Morgan fingerprint density at radius 3 is 2.60 bits per heavy atom. The van der Waals surface area contributed by atoms with E-state index in [0.29, 0.717) is 0 Å². The summed E-state index contributed by atoms with van der Waals surface area (Å²) in [4.78, 5) is 8.71. The van der Waals surface area contributed by atoms with E-state index in [1.54, 1.807) is 18.6 Å². The molecular formula is C11H14N4. The molecule has 0 radical (unpaired) electrons. The molecule has 0 aliphatic carbocycles. The maximum absolute atomic E-state index is 4.36. The summed E-state index contributed by atoms with van der Waals surface area (Å²) >= 11 is 0. The van der Waals surface area contributed by atoms with Gasteiger partial charge in [-0.3, -0.25) is 15.1 Å². The van der Waals surface area contributed by atoms with Crippen LogP contribution >= 0.6 is 0 Å². The lowest BCUT2D eigenvalue weighted by Gasteiger charge is -2.04. The summed E-state index contributed by atoms with van der Waals surface area (Å²) in [6, 6.07) is 1.96. The minimum Gasteiger partial charge on any atom is -0.282 e. The molecule has 0 aromatic carbocycles. The van der Waals surface area contributed by atoms with Crippen LogP contribution in [0.5, 0.6) is 0 Å². The van der Waals surface area contributed by atoms with Crippen molar-refractivity contribution in [2.45, 2.75) is 26.2 Å². The van der Waals surface area contributed by atoms with E-state index >= 15 is 0 Å². The first-order chi connectivity index (χ1) is 7.40. The van der Waals surface area contributed by atoms with Crippen molar-refractivity contribution in [3.05, 3.63) is 41.7 Å². The molecule has 2 heterocycles. The first-order valence-electron chi connectivity index (χ1n) is 5.17. The number of H-pyrrole nitrogens is 1. The van der Waals surface area contributed by atoms with Crippen molar-refractivity contribution in [2.75, 3.05) is 0 Å². The number of aromatic amines is 1. The number of hydrogen-bond donors (Lipinski definition) is 1. The Balaban J connectivity index is 2.20. The highest BCUT2D eigenvalue weighted by Crippen LogP contribution is 2.09. The van der Waals surface area contributed by atoms with E-state index in [0.717, 1.165) is 36.3 Å². The molecule has 15 heavy (non-hydrogen) atoms. The molecule has 0 fully saturated rings. The van der Waals surface area contributed by atoms with Crippen molar-refractivity contribution in [1.82, 2.24) is 20.2 Å². The van der Waals surface area contributed by atoms with Gasteiger partial charge in [0.1, 0.15) is 0 Å². The standard InChI is InChI=1S/C11H14N4/c1-2-3-10-11(13-7-6-12-10)8-9-4-5-14-15-9/h4-7H,2-3,8H2,1H3,(H,14,15).